The summed E-state index contributed by atoms with van der Waals surface area (Å²) >= 11 is 0. The summed E-state index contributed by atoms with van der Waals surface area (Å²) in [5.41, 5.74) is 1.11. The van der Waals surface area contributed by atoms with Crippen LogP contribution in [0, 0.1) is 17.2 Å². The third-order valence-electron chi connectivity index (χ3n) is 7.05. The van der Waals surface area contributed by atoms with Crippen LogP contribution < -0.4 is 5.73 Å². The van der Waals surface area contributed by atoms with Gasteiger partial charge in [0.05, 0.1) is 29.3 Å². The van der Waals surface area contributed by atoms with E-state index in [1.165, 1.54) is 25.1 Å². The summed E-state index contributed by atoms with van der Waals surface area (Å²) in [6, 6.07) is 3.35. The van der Waals surface area contributed by atoms with E-state index in [2.05, 4.69) is 0 Å². The van der Waals surface area contributed by atoms with Gasteiger partial charge in [-0.05, 0) is 31.6 Å². The fourth-order valence-corrected chi connectivity index (χ4v) is 5.63. The van der Waals surface area contributed by atoms with E-state index in [4.69, 9.17) is 11.1 Å². The average molecular weight is 443 g/mol. The van der Waals surface area contributed by atoms with Gasteiger partial charge in [-0.3, -0.25) is 14.5 Å². The number of benzene rings is 1. The third kappa shape index (κ3) is 2.48. The van der Waals surface area contributed by atoms with Gasteiger partial charge in [0.15, 0.2) is 5.60 Å². The lowest BCUT2D eigenvalue weighted by Crippen LogP contribution is -2.71. The summed E-state index contributed by atoms with van der Waals surface area (Å²) in [5.74, 6) is -6.80. The Labute approximate surface area is 183 Å². The number of fused-ring (bicyclic) bond motifs is 3. The lowest BCUT2D eigenvalue weighted by molar-refractivity contribution is -0.151. The Bertz CT molecular complexity index is 1140. The topological polar surface area (TPSA) is 188 Å². The van der Waals surface area contributed by atoms with Gasteiger partial charge in [-0.15, -0.1) is 0 Å². The highest BCUT2D eigenvalue weighted by atomic mass is 16.3. The van der Waals surface area contributed by atoms with Crippen molar-refractivity contribution >= 4 is 23.2 Å². The molecule has 10 nitrogen and oxygen atoms in total. The van der Waals surface area contributed by atoms with E-state index in [0.29, 0.717) is 5.56 Å². The number of phenols is 1. The molecule has 0 radical (unpaired) electrons. The molecule has 3 aliphatic rings. The van der Waals surface area contributed by atoms with Crippen molar-refractivity contribution < 1.29 is 35.1 Å². The number of carbonyl (C=O) groups is 2. The van der Waals surface area contributed by atoms with Gasteiger partial charge in [0.1, 0.15) is 22.8 Å². The van der Waals surface area contributed by atoms with E-state index < -0.39 is 70.0 Å². The van der Waals surface area contributed by atoms with Crippen LogP contribution in [0.4, 0.5) is 0 Å². The molecule has 1 aromatic carbocycles. The standard InChI is InChI=1S/C22H25N3O7/c1-7-8-5-4-6-9(26)11(8)16(27)12-10(7)17(28)14-15(25(2)3)18(29)13(21(24)31)19(23)22(14,32)20(12)30/h4-7,10,14-15,17,23,26-29,32H,1-3H3,(H2,24,31)/t7-,10+,14+,15-,17-,22+/m0/s1. The van der Waals surface area contributed by atoms with Crippen LogP contribution in [0.2, 0.25) is 0 Å². The summed E-state index contributed by atoms with van der Waals surface area (Å²) in [5, 5.41) is 63.5. The first-order valence-corrected chi connectivity index (χ1v) is 10.1. The molecule has 4 rings (SSSR count). The van der Waals surface area contributed by atoms with E-state index in [9.17, 15) is 35.1 Å². The number of nitrogens with two attached hydrogens (primary N) is 1. The van der Waals surface area contributed by atoms with Gasteiger partial charge >= 0.3 is 0 Å². The van der Waals surface area contributed by atoms with E-state index in [1.807, 2.05) is 0 Å². The molecule has 1 aromatic rings. The summed E-state index contributed by atoms with van der Waals surface area (Å²) in [6.07, 6.45) is -1.51. The number of carbonyl (C=O) groups excluding carboxylic acids is 2. The first kappa shape index (κ1) is 22.0. The predicted molar refractivity (Wildman–Crippen MR) is 113 cm³/mol. The van der Waals surface area contributed by atoms with E-state index in [0.717, 1.165) is 0 Å². The van der Waals surface area contributed by atoms with Crippen molar-refractivity contribution in [3.05, 3.63) is 46.2 Å². The highest BCUT2D eigenvalue weighted by molar-refractivity contribution is 6.34. The molecule has 0 aromatic heterocycles. The van der Waals surface area contributed by atoms with Crippen LogP contribution in [-0.2, 0) is 9.59 Å². The van der Waals surface area contributed by atoms with E-state index in [-0.39, 0.29) is 16.9 Å². The highest BCUT2D eigenvalue weighted by Gasteiger charge is 2.67. The van der Waals surface area contributed by atoms with Crippen LogP contribution in [0.5, 0.6) is 5.75 Å². The summed E-state index contributed by atoms with van der Waals surface area (Å²) < 4.78 is 0. The van der Waals surface area contributed by atoms with Crippen molar-refractivity contribution in [3.63, 3.8) is 0 Å². The zero-order valence-electron chi connectivity index (χ0n) is 17.7. The molecule has 1 amide bonds. The Morgan fingerprint density at radius 3 is 2.41 bits per heavy atom. The van der Waals surface area contributed by atoms with E-state index >= 15 is 0 Å². The highest BCUT2D eigenvalue weighted by Crippen LogP contribution is 2.55. The second-order valence-electron chi connectivity index (χ2n) is 8.84. The molecule has 8 N–H and O–H groups in total. The average Bonchev–Trinajstić information content (AvgIpc) is 2.70. The molecule has 0 heterocycles. The maximum atomic E-state index is 13.7. The summed E-state index contributed by atoms with van der Waals surface area (Å²) in [7, 11) is 3.04. The second kappa shape index (κ2) is 6.89. The van der Waals surface area contributed by atoms with Crippen LogP contribution in [0.3, 0.4) is 0 Å². The molecule has 170 valence electrons. The third-order valence-corrected chi connectivity index (χ3v) is 7.05. The van der Waals surface area contributed by atoms with Gasteiger partial charge in [-0.2, -0.15) is 0 Å². The lowest BCUT2D eigenvalue weighted by atomic mass is 9.53. The largest absolute Gasteiger partial charge is 0.510 e. The summed E-state index contributed by atoms with van der Waals surface area (Å²) in [4.78, 5) is 27.2. The zero-order chi connectivity index (χ0) is 23.9. The van der Waals surface area contributed by atoms with Gasteiger partial charge in [0.25, 0.3) is 5.91 Å². The number of nitrogens with zero attached hydrogens (tertiary/aromatic N) is 1. The summed E-state index contributed by atoms with van der Waals surface area (Å²) in [6.45, 7) is 1.71. The van der Waals surface area contributed by atoms with Crippen LogP contribution in [-0.4, -0.2) is 79.7 Å². The van der Waals surface area contributed by atoms with Crippen molar-refractivity contribution in [3.8, 4) is 5.75 Å². The zero-order valence-corrected chi connectivity index (χ0v) is 17.7. The number of likely N-dealkylation sites (N-methyl/N-ethyl adjacent to an activating group) is 1. The number of phenolic OH excluding ortho intramolecular Hbond substituents is 1. The Hall–Kier alpha value is -3.21. The number of nitrogens with one attached hydrogen (secondary N) is 1. The minimum Gasteiger partial charge on any atom is -0.510 e. The molecule has 32 heavy (non-hydrogen) atoms. The monoisotopic (exact) mass is 443 g/mol. The Kier molecular flexibility index (Phi) is 4.74. The van der Waals surface area contributed by atoms with Gasteiger partial charge in [0, 0.05) is 11.5 Å². The van der Waals surface area contributed by atoms with Crippen molar-refractivity contribution in [2.75, 3.05) is 14.1 Å². The minimum atomic E-state index is -2.74. The SMILES string of the molecule is C[C@H]1c2cccc(O)c2C(O)=C2C(=O)[C@]3(O)C(=N)C(C(N)=O)=C(O)[C@@H](N(C)C)[C@@H]3[C@@H](O)[C@@H]21. The molecular weight excluding hydrogens is 418 g/mol. The maximum absolute atomic E-state index is 13.7. The normalized spacial score (nSPS) is 34.4. The number of Topliss-reactive ketones (excluding diaryl/α,β-unsaturated/α-hetero) is 1. The molecule has 1 fully saturated rings. The fraction of sp³-hybridized carbons (Fsp3) is 0.409. The van der Waals surface area contributed by atoms with Crippen LogP contribution >= 0.6 is 0 Å². The Morgan fingerprint density at radius 1 is 1.22 bits per heavy atom. The number of hydrogen-bond acceptors (Lipinski definition) is 9. The molecular formula is C22H25N3O7. The number of aromatic hydroxyl groups is 1. The molecule has 3 aliphatic carbocycles. The number of aliphatic hydroxyl groups is 4. The fourth-order valence-electron chi connectivity index (χ4n) is 5.63. The van der Waals surface area contributed by atoms with Crippen LogP contribution in [0.15, 0.2) is 35.1 Å². The predicted octanol–water partition coefficient (Wildman–Crippen LogP) is -0.0535. The molecule has 6 atom stereocenters. The Balaban J connectivity index is 2.05. The first-order chi connectivity index (χ1) is 14.9. The molecule has 10 heteroatoms. The molecule has 0 bridgehead atoms. The molecule has 0 saturated heterocycles. The lowest BCUT2D eigenvalue weighted by Gasteiger charge is -2.54. The number of amides is 1. The number of rotatable bonds is 2. The van der Waals surface area contributed by atoms with Gasteiger partial charge < -0.3 is 36.7 Å². The molecule has 1 saturated carbocycles. The maximum Gasteiger partial charge on any atom is 0.254 e. The van der Waals surface area contributed by atoms with Crippen LogP contribution in [0.25, 0.3) is 5.76 Å². The van der Waals surface area contributed by atoms with Gasteiger partial charge in [-0.25, -0.2) is 0 Å². The van der Waals surface area contributed by atoms with Crippen molar-refractivity contribution in [1.29, 1.82) is 5.41 Å². The van der Waals surface area contributed by atoms with Crippen molar-refractivity contribution in [2.24, 2.45) is 17.6 Å². The minimum absolute atomic E-state index is 0.00821. The van der Waals surface area contributed by atoms with Gasteiger partial charge in [0.2, 0.25) is 5.78 Å². The van der Waals surface area contributed by atoms with E-state index in [1.54, 1.807) is 19.1 Å². The quantitative estimate of drug-likeness (QED) is 0.331. The molecule has 0 aliphatic heterocycles. The Morgan fingerprint density at radius 2 is 1.84 bits per heavy atom. The smallest absolute Gasteiger partial charge is 0.254 e. The number of ketones is 1. The first-order valence-electron chi connectivity index (χ1n) is 10.1. The molecule has 0 unspecified atom stereocenters. The van der Waals surface area contributed by atoms with Crippen molar-refractivity contribution in [2.45, 2.75) is 30.6 Å². The molecule has 0 spiro atoms. The van der Waals surface area contributed by atoms with Crippen molar-refractivity contribution in [1.82, 2.24) is 4.90 Å². The number of hydrogen-bond donors (Lipinski definition) is 7. The second-order valence-corrected chi connectivity index (χ2v) is 8.84. The number of aliphatic hydroxyl groups excluding tert-OH is 3. The van der Waals surface area contributed by atoms with Gasteiger partial charge in [-0.1, -0.05) is 19.1 Å². The van der Waals surface area contributed by atoms with Crippen LogP contribution in [0.1, 0.15) is 24.0 Å². The number of primary amides is 1.